The van der Waals surface area contributed by atoms with Crippen LogP contribution in [0.25, 0.3) is 5.57 Å². The Balaban J connectivity index is 1.93. The van der Waals surface area contributed by atoms with Crippen molar-refractivity contribution in [3.63, 3.8) is 0 Å². The van der Waals surface area contributed by atoms with Crippen LogP contribution in [0.2, 0.25) is 0 Å². The summed E-state index contributed by atoms with van der Waals surface area (Å²) in [6.45, 7) is 4.11. The van der Waals surface area contributed by atoms with Gasteiger partial charge in [0.15, 0.2) is 23.8 Å². The lowest BCUT2D eigenvalue weighted by Gasteiger charge is -2.14. The van der Waals surface area contributed by atoms with Gasteiger partial charge < -0.3 is 45.9 Å². The van der Waals surface area contributed by atoms with Gasteiger partial charge in [-0.3, -0.25) is 20.0 Å². The third kappa shape index (κ3) is 12.5. The molecule has 0 aromatic heterocycles. The van der Waals surface area contributed by atoms with Gasteiger partial charge in [0.25, 0.3) is 0 Å². The summed E-state index contributed by atoms with van der Waals surface area (Å²) < 4.78 is 0. The van der Waals surface area contributed by atoms with Gasteiger partial charge in [0.05, 0.1) is 0 Å². The fourth-order valence-electron chi connectivity index (χ4n) is 4.92. The Morgan fingerprint density at radius 2 is 1.00 bits per heavy atom. The van der Waals surface area contributed by atoms with Crippen LogP contribution in [0.5, 0.6) is 0 Å². The first kappa shape index (κ1) is 34.8. The van der Waals surface area contributed by atoms with Crippen LogP contribution >= 0.6 is 0 Å². The van der Waals surface area contributed by atoms with Gasteiger partial charge in [0, 0.05) is 37.3 Å². The maximum atomic E-state index is 5.54. The largest absolute Gasteiger partial charge is 0.370 e. The zero-order valence-electron chi connectivity index (χ0n) is 26.5. The van der Waals surface area contributed by atoms with E-state index >= 15 is 0 Å². The number of nitrogens with two attached hydrogens (primary N) is 8. The molecule has 0 heterocycles. The minimum Gasteiger partial charge on any atom is -0.370 e. The van der Waals surface area contributed by atoms with E-state index in [1.807, 2.05) is 0 Å². The average Bonchev–Trinajstić information content (AvgIpc) is 2.99. The Labute approximate surface area is 271 Å². The van der Waals surface area contributed by atoms with Crippen LogP contribution in [-0.4, -0.2) is 50.0 Å². The number of guanidine groups is 4. The van der Waals surface area contributed by atoms with Gasteiger partial charge in [-0.15, -0.1) is 0 Å². The Kier molecular flexibility index (Phi) is 13.3. The molecule has 1 aliphatic carbocycles. The van der Waals surface area contributed by atoms with Crippen LogP contribution in [0.3, 0.4) is 0 Å². The van der Waals surface area contributed by atoms with Crippen molar-refractivity contribution in [3.05, 3.63) is 99.2 Å². The molecule has 242 valence electrons. The molecule has 1 aliphatic rings. The molecule has 2 aromatic carbocycles. The number of benzene rings is 2. The molecule has 0 aliphatic heterocycles. The molecule has 0 atom stereocenters. The fourth-order valence-corrected chi connectivity index (χ4v) is 4.92. The van der Waals surface area contributed by atoms with E-state index in [1.165, 1.54) is 11.1 Å². The molecular formula is C34H46N12. The number of nitrogens with zero attached hydrogens (tertiary/aromatic N) is 4. The molecule has 0 radical (unpaired) electrons. The second kappa shape index (κ2) is 17.6. The predicted octanol–water partition coefficient (Wildman–Crippen LogP) is 0.662. The van der Waals surface area contributed by atoms with Crippen molar-refractivity contribution in [3.8, 4) is 11.8 Å². The Morgan fingerprint density at radius 1 is 0.587 bits per heavy atom. The minimum absolute atomic E-state index is 0.0685. The fraction of sp³-hybridized carbons (Fsp3) is 0.294. The molecule has 0 unspecified atom stereocenters. The van der Waals surface area contributed by atoms with Crippen LogP contribution in [0.1, 0.15) is 46.7 Å². The SMILES string of the molecule is C/C(=C1\C=C(C#Cc2cc(CCN=C(N)N)cc(CCN=C(N)N)c2)C=CC1)c1cc(CCN=C(N)N)cc(CCN=C(N)N)c1. The maximum absolute atomic E-state index is 5.54. The third-order valence-corrected chi connectivity index (χ3v) is 7.12. The number of hydrogen-bond donors (Lipinski definition) is 8. The van der Waals surface area contributed by atoms with E-state index in [9.17, 15) is 0 Å². The van der Waals surface area contributed by atoms with Crippen molar-refractivity contribution in [2.24, 2.45) is 65.8 Å². The van der Waals surface area contributed by atoms with E-state index in [0.29, 0.717) is 51.9 Å². The molecule has 12 heteroatoms. The van der Waals surface area contributed by atoms with Crippen molar-refractivity contribution < 1.29 is 0 Å². The molecule has 12 nitrogen and oxygen atoms in total. The number of allylic oxidation sites excluding steroid dienone is 6. The topological polar surface area (TPSA) is 258 Å². The number of aliphatic imine (C=N–C) groups is 4. The predicted molar refractivity (Wildman–Crippen MR) is 192 cm³/mol. The summed E-state index contributed by atoms with van der Waals surface area (Å²) in [5.74, 6) is 7.00. The summed E-state index contributed by atoms with van der Waals surface area (Å²) >= 11 is 0. The first-order valence-electron chi connectivity index (χ1n) is 15.1. The zero-order chi connectivity index (χ0) is 33.5. The van der Waals surface area contributed by atoms with Gasteiger partial charge >= 0.3 is 0 Å². The standard InChI is InChI=1S/C34H46N12/c1-22(30-20-27(9-13-45-33(39)40)18-28(21-30)10-14-46-34(41)42)29-4-2-3-23(19-29)5-6-24-15-25(7-11-43-31(35)36)17-26(16-24)8-12-44-32(37)38/h2-3,15-21H,4,7-14H2,1H3,(H4,35,36,43)(H4,37,38,44)(H4,39,40,45)(H4,41,42,46)/b29-22+. The van der Waals surface area contributed by atoms with Crippen molar-refractivity contribution in [1.29, 1.82) is 0 Å². The zero-order valence-corrected chi connectivity index (χ0v) is 26.5. The van der Waals surface area contributed by atoms with Gasteiger partial charge in [-0.05, 0) is 96.2 Å². The first-order valence-corrected chi connectivity index (χ1v) is 15.1. The van der Waals surface area contributed by atoms with Crippen LogP contribution in [-0.2, 0) is 25.7 Å². The summed E-state index contributed by atoms with van der Waals surface area (Å²) in [5.41, 5.74) is 53.9. The summed E-state index contributed by atoms with van der Waals surface area (Å²) in [6.07, 6.45) is 9.90. The lowest BCUT2D eigenvalue weighted by atomic mass is 9.91. The van der Waals surface area contributed by atoms with Crippen molar-refractivity contribution in [1.82, 2.24) is 0 Å². The third-order valence-electron chi connectivity index (χ3n) is 7.12. The van der Waals surface area contributed by atoms with Crippen LogP contribution in [0.4, 0.5) is 0 Å². The monoisotopic (exact) mass is 622 g/mol. The van der Waals surface area contributed by atoms with Gasteiger partial charge in [-0.25, -0.2) is 0 Å². The molecular weight excluding hydrogens is 576 g/mol. The number of rotatable bonds is 13. The van der Waals surface area contributed by atoms with Gasteiger partial charge in [0.1, 0.15) is 0 Å². The van der Waals surface area contributed by atoms with E-state index in [4.69, 9.17) is 45.9 Å². The van der Waals surface area contributed by atoms with E-state index in [1.54, 1.807) is 0 Å². The van der Waals surface area contributed by atoms with Gasteiger partial charge in [0.2, 0.25) is 0 Å². The summed E-state index contributed by atoms with van der Waals surface area (Å²) in [6, 6.07) is 12.7. The lowest BCUT2D eigenvalue weighted by molar-refractivity contribution is 0.934. The summed E-state index contributed by atoms with van der Waals surface area (Å²) in [7, 11) is 0. The van der Waals surface area contributed by atoms with E-state index in [-0.39, 0.29) is 23.8 Å². The second-order valence-electron chi connectivity index (χ2n) is 10.9. The van der Waals surface area contributed by atoms with Crippen LogP contribution < -0.4 is 45.9 Å². The molecule has 2 aromatic rings. The Bertz CT molecular complexity index is 1570. The van der Waals surface area contributed by atoms with E-state index in [0.717, 1.165) is 45.4 Å². The smallest absolute Gasteiger partial charge is 0.185 e. The summed E-state index contributed by atoms with van der Waals surface area (Å²) in [4.78, 5) is 16.5. The molecule has 0 amide bonds. The Hall–Kier alpha value is -5.70. The average molecular weight is 623 g/mol. The van der Waals surface area contributed by atoms with Crippen molar-refractivity contribution in [2.45, 2.75) is 39.0 Å². The normalized spacial score (nSPS) is 13.0. The quantitative estimate of drug-likeness (QED) is 0.0892. The molecule has 0 bridgehead atoms. The molecule has 0 fully saturated rings. The van der Waals surface area contributed by atoms with Crippen LogP contribution in [0.15, 0.2) is 85.7 Å². The highest BCUT2D eigenvalue weighted by atomic mass is 15.0. The molecule has 16 N–H and O–H groups in total. The van der Waals surface area contributed by atoms with Gasteiger partial charge in [-0.2, -0.15) is 0 Å². The Morgan fingerprint density at radius 3 is 1.41 bits per heavy atom. The minimum atomic E-state index is 0.0685. The lowest BCUT2D eigenvalue weighted by Crippen LogP contribution is -2.23. The van der Waals surface area contributed by atoms with E-state index < -0.39 is 0 Å². The highest BCUT2D eigenvalue weighted by molar-refractivity contribution is 5.77. The molecule has 3 rings (SSSR count). The maximum Gasteiger partial charge on any atom is 0.185 e. The van der Waals surface area contributed by atoms with Crippen molar-refractivity contribution in [2.75, 3.05) is 26.2 Å². The molecule has 0 spiro atoms. The molecule has 0 saturated carbocycles. The van der Waals surface area contributed by atoms with Crippen molar-refractivity contribution >= 4 is 29.4 Å². The molecule has 0 saturated heterocycles. The summed E-state index contributed by atoms with van der Waals surface area (Å²) in [5, 5.41) is 0. The second-order valence-corrected chi connectivity index (χ2v) is 10.9. The van der Waals surface area contributed by atoms with E-state index in [2.05, 4.69) is 93.4 Å². The van der Waals surface area contributed by atoms with Crippen LogP contribution in [0, 0.1) is 11.8 Å². The highest BCUT2D eigenvalue weighted by Crippen LogP contribution is 2.28. The first-order chi connectivity index (χ1) is 22.0. The number of hydrogen-bond acceptors (Lipinski definition) is 4. The van der Waals surface area contributed by atoms with Gasteiger partial charge in [-0.1, -0.05) is 48.3 Å². The molecule has 46 heavy (non-hydrogen) atoms. The highest BCUT2D eigenvalue weighted by Gasteiger charge is 2.10.